The molecule has 7 N–H and O–H groups in total. The highest BCUT2D eigenvalue weighted by Gasteiger charge is 2.24. The Morgan fingerprint density at radius 2 is 1.01 bits per heavy atom. The van der Waals surface area contributed by atoms with Gasteiger partial charge in [-0.05, 0) is 211 Å². The highest BCUT2D eigenvalue weighted by atomic mass is 35.5. The molecule has 82 heavy (non-hydrogen) atoms. The summed E-state index contributed by atoms with van der Waals surface area (Å²) in [5.74, 6) is 1.38. The second-order valence-corrected chi connectivity index (χ2v) is 24.7. The number of ether oxygens (including phenoxy) is 1. The molecule has 0 bridgehead atoms. The minimum Gasteiger partial charge on any atom is -0.444 e. The summed E-state index contributed by atoms with van der Waals surface area (Å²) in [6.07, 6.45) is 13.0. The van der Waals surface area contributed by atoms with Gasteiger partial charge in [0.2, 0.25) is 0 Å². The highest BCUT2D eigenvalue weighted by Crippen LogP contribution is 2.38. The van der Waals surface area contributed by atoms with Gasteiger partial charge in [-0.3, -0.25) is 9.80 Å². The van der Waals surface area contributed by atoms with Crippen LogP contribution in [0.4, 0.5) is 4.79 Å². The topological polar surface area (TPSA) is 133 Å². The fourth-order valence-corrected chi connectivity index (χ4v) is 12.6. The first-order valence-corrected chi connectivity index (χ1v) is 30.3. The molecule has 0 aliphatic carbocycles. The third-order valence-electron chi connectivity index (χ3n) is 16.4. The van der Waals surface area contributed by atoms with Crippen molar-refractivity contribution in [3.05, 3.63) is 188 Å². The molecule has 8 aromatic rings. The second-order valence-electron chi connectivity index (χ2n) is 23.9. The van der Waals surface area contributed by atoms with Crippen molar-refractivity contribution < 1.29 is 9.53 Å². The van der Waals surface area contributed by atoms with Crippen LogP contribution in [0.3, 0.4) is 0 Å². The van der Waals surface area contributed by atoms with Crippen LogP contribution in [0, 0.1) is 25.7 Å². The van der Waals surface area contributed by atoms with Crippen molar-refractivity contribution in [2.24, 2.45) is 29.0 Å². The molecule has 6 aromatic carbocycles. The van der Waals surface area contributed by atoms with Gasteiger partial charge in [-0.1, -0.05) is 127 Å². The van der Waals surface area contributed by atoms with Gasteiger partial charge in [-0.15, -0.1) is 0 Å². The van der Waals surface area contributed by atoms with Gasteiger partial charge in [-0.2, -0.15) is 0 Å². The van der Waals surface area contributed by atoms with Crippen LogP contribution >= 0.6 is 23.2 Å². The minimum absolute atomic E-state index is 0. The van der Waals surface area contributed by atoms with Crippen LogP contribution < -0.4 is 22.5 Å². The van der Waals surface area contributed by atoms with E-state index in [0.29, 0.717) is 38.0 Å². The van der Waals surface area contributed by atoms with Gasteiger partial charge in [0.15, 0.2) is 0 Å². The fraction of sp³-hybridized carbons (Fsp3) is 0.414. The molecular formula is C70H90Cl2N8O2. The Hall–Kier alpha value is -5.95. The Morgan fingerprint density at radius 3 is 1.43 bits per heavy atom. The molecule has 436 valence electrons. The van der Waals surface area contributed by atoms with E-state index in [1.807, 2.05) is 45.0 Å². The summed E-state index contributed by atoms with van der Waals surface area (Å²) in [5.41, 5.74) is 35.3. The molecule has 2 aliphatic rings. The first-order valence-electron chi connectivity index (χ1n) is 29.6. The molecule has 0 saturated carbocycles. The SMILES string of the molecule is C.Cc1ccc(-c2cn(CCCN)c3ccc(CC4CCN(Cc5ccccc5Cl)CC4)cc23)c(CN)c1.Cc1ccc(-c2cn(CCCNC(=O)OC(C)(C)C)c3ccc(CC4CCN(Cc5ccccc5Cl)CC4)cc23)c(CN)c1. The van der Waals surface area contributed by atoms with E-state index in [-0.39, 0.29) is 13.5 Å². The molecule has 10 rings (SSSR count). The smallest absolute Gasteiger partial charge is 0.407 e. The number of rotatable bonds is 19. The molecule has 2 saturated heterocycles. The Balaban J connectivity index is 0.000000215. The number of carbonyl (C=O) groups excluding carboxylic acids is 1. The monoisotopic (exact) mass is 1140 g/mol. The number of nitrogens with one attached hydrogen (secondary N) is 1. The molecule has 2 aliphatic heterocycles. The second kappa shape index (κ2) is 29.0. The number of aromatic nitrogens is 2. The summed E-state index contributed by atoms with van der Waals surface area (Å²) < 4.78 is 10.1. The number of nitrogens with two attached hydrogens (primary N) is 3. The van der Waals surface area contributed by atoms with Crippen LogP contribution in [-0.2, 0) is 56.8 Å². The number of nitrogens with zero attached hydrogens (tertiary/aromatic N) is 4. The van der Waals surface area contributed by atoms with E-state index < -0.39 is 5.60 Å². The number of aryl methyl sites for hydroxylation is 4. The molecule has 2 fully saturated rings. The van der Waals surface area contributed by atoms with Crippen molar-refractivity contribution >= 4 is 51.1 Å². The molecule has 0 spiro atoms. The van der Waals surface area contributed by atoms with Gasteiger partial charge in [-0.25, -0.2) is 4.79 Å². The van der Waals surface area contributed by atoms with Crippen molar-refractivity contribution in [3.63, 3.8) is 0 Å². The largest absolute Gasteiger partial charge is 0.444 e. The van der Waals surface area contributed by atoms with Gasteiger partial charge in [0.05, 0.1) is 0 Å². The maximum absolute atomic E-state index is 12.1. The maximum Gasteiger partial charge on any atom is 0.407 e. The van der Waals surface area contributed by atoms with Crippen LogP contribution in [0.15, 0.2) is 134 Å². The van der Waals surface area contributed by atoms with E-state index in [2.05, 4.69) is 148 Å². The summed E-state index contributed by atoms with van der Waals surface area (Å²) in [6, 6.07) is 43.7. The van der Waals surface area contributed by atoms with Crippen molar-refractivity contribution in [1.82, 2.24) is 24.3 Å². The number of amides is 1. The molecule has 1 amide bonds. The average molecular weight is 1150 g/mol. The average Bonchev–Trinajstić information content (AvgIpc) is 3.53. The van der Waals surface area contributed by atoms with Crippen LogP contribution in [-0.4, -0.2) is 69.9 Å². The predicted octanol–water partition coefficient (Wildman–Crippen LogP) is 15.3. The number of piperidine rings is 2. The zero-order valence-electron chi connectivity index (χ0n) is 48.6. The Kier molecular flexibility index (Phi) is 22.0. The van der Waals surface area contributed by atoms with Crippen molar-refractivity contribution in [2.45, 2.75) is 138 Å². The molecular weight excluding hydrogens is 1060 g/mol. The minimum atomic E-state index is -0.504. The van der Waals surface area contributed by atoms with E-state index in [1.165, 1.54) is 109 Å². The van der Waals surface area contributed by atoms with Crippen molar-refractivity contribution in [2.75, 3.05) is 39.3 Å². The van der Waals surface area contributed by atoms with Crippen LogP contribution in [0.25, 0.3) is 44.1 Å². The number of likely N-dealkylation sites (tertiary alicyclic amines) is 2. The molecule has 0 unspecified atom stereocenters. The van der Waals surface area contributed by atoms with Gasteiger partial charge in [0, 0.05) is 101 Å². The number of benzene rings is 6. The summed E-state index contributed by atoms with van der Waals surface area (Å²) in [6.45, 7) is 20.2. The first kappa shape index (κ1) is 62.1. The van der Waals surface area contributed by atoms with E-state index in [9.17, 15) is 4.79 Å². The molecule has 10 nitrogen and oxygen atoms in total. The molecule has 12 heteroatoms. The third kappa shape index (κ3) is 16.2. The van der Waals surface area contributed by atoms with E-state index in [0.717, 1.165) is 93.7 Å². The lowest BCUT2D eigenvalue weighted by Crippen LogP contribution is -2.33. The zero-order valence-corrected chi connectivity index (χ0v) is 50.1. The maximum atomic E-state index is 12.1. The molecule has 2 aromatic heterocycles. The summed E-state index contributed by atoms with van der Waals surface area (Å²) in [7, 11) is 0. The summed E-state index contributed by atoms with van der Waals surface area (Å²) >= 11 is 12.8. The van der Waals surface area contributed by atoms with Crippen LogP contribution in [0.2, 0.25) is 10.0 Å². The van der Waals surface area contributed by atoms with Gasteiger partial charge in [0.25, 0.3) is 0 Å². The van der Waals surface area contributed by atoms with Crippen LogP contribution in [0.5, 0.6) is 0 Å². The van der Waals surface area contributed by atoms with Gasteiger partial charge >= 0.3 is 6.09 Å². The first-order chi connectivity index (χ1) is 39.1. The lowest BCUT2D eigenvalue weighted by atomic mass is 9.89. The number of hydrogen-bond donors (Lipinski definition) is 4. The molecule has 4 heterocycles. The molecule has 0 atom stereocenters. The van der Waals surface area contributed by atoms with Gasteiger partial charge < -0.3 is 36.4 Å². The Bertz CT molecular complexity index is 3380. The molecule has 0 radical (unpaired) electrons. The van der Waals surface area contributed by atoms with Crippen molar-refractivity contribution in [3.8, 4) is 22.3 Å². The zero-order chi connectivity index (χ0) is 57.0. The number of halogens is 2. The number of carbonyl (C=O) groups is 1. The predicted molar refractivity (Wildman–Crippen MR) is 346 cm³/mol. The van der Waals surface area contributed by atoms with E-state index >= 15 is 0 Å². The third-order valence-corrected chi connectivity index (χ3v) is 17.2. The number of hydrogen-bond acceptors (Lipinski definition) is 7. The summed E-state index contributed by atoms with van der Waals surface area (Å²) in [4.78, 5) is 17.2. The van der Waals surface area contributed by atoms with E-state index in [1.54, 1.807) is 0 Å². The van der Waals surface area contributed by atoms with Crippen molar-refractivity contribution in [1.29, 1.82) is 0 Å². The van der Waals surface area contributed by atoms with Crippen LogP contribution in [0.1, 0.15) is 111 Å². The lowest BCUT2D eigenvalue weighted by Gasteiger charge is -2.32. The highest BCUT2D eigenvalue weighted by molar-refractivity contribution is 6.31. The fourth-order valence-electron chi connectivity index (χ4n) is 12.2. The normalized spacial score (nSPS) is 14.7. The van der Waals surface area contributed by atoms with Gasteiger partial charge in [0.1, 0.15) is 5.60 Å². The quantitative estimate of drug-likeness (QED) is 0.0593. The number of alkyl carbamates (subject to hydrolysis) is 1. The Labute approximate surface area is 499 Å². The Morgan fingerprint density at radius 1 is 0.573 bits per heavy atom. The lowest BCUT2D eigenvalue weighted by molar-refractivity contribution is 0.0526. The standard InChI is InChI=1S/C37H47ClN4O2.C32H39ClN4.CH4/c1-26-10-12-31(30(20-26)23-39)33-25-42(17-7-16-40-36(43)44-37(2,3)4)35-13-11-28(22-32(33)35)21-27-14-18-41(19-15-27)24-29-8-5-6-9-34(29)38;1-23-7-9-28(27(17-23)20-35)30-22-37(14-4-13-34)32-10-8-25(19-29(30)32)18-24-11-15-36(16-12-24)21-26-5-2-3-6-31(26)33;/h5-6,8-13,20,22,25,27H,7,14-19,21,23-24,39H2,1-4H3,(H,40,43);2-3,5-10,17,19,22,24H,4,11-16,18,20-21,34-35H2,1H3;1H4. The number of fused-ring (bicyclic) bond motifs is 2. The van der Waals surface area contributed by atoms with E-state index in [4.69, 9.17) is 45.1 Å². The summed E-state index contributed by atoms with van der Waals surface area (Å²) in [5, 5.41) is 7.21.